The van der Waals surface area contributed by atoms with Crippen molar-refractivity contribution in [2.24, 2.45) is 17.8 Å². The molecule has 2 N–H and O–H groups in total. The lowest BCUT2D eigenvalue weighted by atomic mass is 9.85. The summed E-state index contributed by atoms with van der Waals surface area (Å²) in [5, 5.41) is 14.3. The fourth-order valence-corrected chi connectivity index (χ4v) is 6.14. The zero-order valence-electron chi connectivity index (χ0n) is 24.7. The standard InChI is InChI=1S/C34H55NO2/c1-7-14-28(16-13-20-34(37)31-18-12-15-25(4)23-31)24-35-32(27(6)26(5)29(8-2)9-3)22-21-30-17-10-11-19-33(30)36/h10-11,17,19,23,25,27-28,32,35-36H,7-9,12-16,18,20-22,24H2,1-6H3/t25-,27-,28?,32+/m0/s1. The second-order valence-corrected chi connectivity index (χ2v) is 11.5. The minimum absolute atomic E-state index is 0.363. The molecule has 0 heterocycles. The highest BCUT2D eigenvalue weighted by atomic mass is 16.3. The molecule has 0 fully saturated rings. The van der Waals surface area contributed by atoms with E-state index in [4.69, 9.17) is 0 Å². The van der Waals surface area contributed by atoms with Crippen LogP contribution in [0.1, 0.15) is 118 Å². The van der Waals surface area contributed by atoms with Crippen molar-refractivity contribution in [2.75, 3.05) is 6.54 Å². The Bertz CT molecular complexity index is 878. The highest BCUT2D eigenvalue weighted by molar-refractivity contribution is 5.95. The molecule has 2 rings (SSSR count). The predicted molar refractivity (Wildman–Crippen MR) is 159 cm³/mol. The van der Waals surface area contributed by atoms with Gasteiger partial charge in [0.25, 0.3) is 0 Å². The number of benzene rings is 1. The fraction of sp³-hybridized carbons (Fsp3) is 0.676. The number of allylic oxidation sites excluding steroid dienone is 3. The number of phenolic OH excluding ortho intramolecular Hbond substituents is 1. The molecule has 1 aromatic carbocycles. The zero-order valence-corrected chi connectivity index (χ0v) is 24.7. The van der Waals surface area contributed by atoms with Crippen molar-refractivity contribution < 1.29 is 9.90 Å². The van der Waals surface area contributed by atoms with Crippen molar-refractivity contribution in [3.63, 3.8) is 0 Å². The number of rotatable bonds is 17. The highest BCUT2D eigenvalue weighted by Crippen LogP contribution is 2.28. The summed E-state index contributed by atoms with van der Waals surface area (Å²) in [4.78, 5) is 12.8. The predicted octanol–water partition coefficient (Wildman–Crippen LogP) is 8.96. The number of nitrogens with one attached hydrogen (secondary N) is 1. The molecule has 0 bridgehead atoms. The van der Waals surface area contributed by atoms with Crippen LogP contribution in [0.2, 0.25) is 0 Å². The Morgan fingerprint density at radius 2 is 1.84 bits per heavy atom. The third kappa shape index (κ3) is 10.4. The Morgan fingerprint density at radius 1 is 1.11 bits per heavy atom. The highest BCUT2D eigenvalue weighted by Gasteiger charge is 2.22. The molecule has 1 unspecified atom stereocenters. The molecule has 37 heavy (non-hydrogen) atoms. The molecule has 1 aliphatic carbocycles. The van der Waals surface area contributed by atoms with Crippen LogP contribution >= 0.6 is 0 Å². The largest absolute Gasteiger partial charge is 0.508 e. The van der Waals surface area contributed by atoms with E-state index in [9.17, 15) is 9.90 Å². The summed E-state index contributed by atoms with van der Waals surface area (Å²) in [6.07, 6.45) is 14.9. The number of aromatic hydroxyl groups is 1. The molecule has 0 radical (unpaired) electrons. The molecule has 0 aliphatic heterocycles. The summed E-state index contributed by atoms with van der Waals surface area (Å²) < 4.78 is 0. The van der Waals surface area contributed by atoms with Gasteiger partial charge in [-0.05, 0) is 113 Å². The van der Waals surface area contributed by atoms with Crippen LogP contribution in [-0.4, -0.2) is 23.5 Å². The number of carbonyl (C=O) groups is 1. The average molecular weight is 510 g/mol. The van der Waals surface area contributed by atoms with Crippen molar-refractivity contribution in [2.45, 2.75) is 125 Å². The number of phenols is 1. The van der Waals surface area contributed by atoms with Crippen LogP contribution in [0.15, 0.2) is 47.1 Å². The van der Waals surface area contributed by atoms with Gasteiger partial charge in [0.1, 0.15) is 5.75 Å². The van der Waals surface area contributed by atoms with Gasteiger partial charge < -0.3 is 10.4 Å². The number of Topliss-reactive ketones (excluding diaryl/α,β-unsaturated/α-hetero) is 1. The van der Waals surface area contributed by atoms with Crippen LogP contribution in [0, 0.1) is 17.8 Å². The van der Waals surface area contributed by atoms with Crippen molar-refractivity contribution in [1.82, 2.24) is 5.32 Å². The Hall–Kier alpha value is -1.87. The van der Waals surface area contributed by atoms with Gasteiger partial charge in [-0.25, -0.2) is 0 Å². The van der Waals surface area contributed by atoms with Crippen molar-refractivity contribution >= 4 is 5.78 Å². The second-order valence-electron chi connectivity index (χ2n) is 11.5. The number of hydrogen-bond donors (Lipinski definition) is 2. The van der Waals surface area contributed by atoms with Crippen LogP contribution in [0.5, 0.6) is 5.75 Å². The SMILES string of the molecule is CCCC(CCCC(=O)C1=C[C@@H](C)CCC1)CN[C@H](CCc1ccccc1O)[C@@H](C)C(C)=C(CC)CC. The second kappa shape index (κ2) is 16.9. The number of hydrogen-bond acceptors (Lipinski definition) is 3. The molecule has 3 heteroatoms. The Labute approximate surface area is 228 Å². The lowest BCUT2D eigenvalue weighted by molar-refractivity contribution is -0.116. The molecule has 0 amide bonds. The van der Waals surface area contributed by atoms with Gasteiger partial charge in [0.15, 0.2) is 5.78 Å². The normalized spacial score (nSPS) is 18.1. The molecule has 4 atom stereocenters. The molecule has 208 valence electrons. The quantitative estimate of drug-likeness (QED) is 0.206. The van der Waals surface area contributed by atoms with Gasteiger partial charge in [-0.2, -0.15) is 0 Å². The first kappa shape index (κ1) is 31.3. The lowest BCUT2D eigenvalue weighted by Gasteiger charge is -2.30. The fourth-order valence-electron chi connectivity index (χ4n) is 6.14. The average Bonchev–Trinajstić information content (AvgIpc) is 2.89. The molecular formula is C34H55NO2. The van der Waals surface area contributed by atoms with Gasteiger partial charge in [0.05, 0.1) is 0 Å². The maximum Gasteiger partial charge on any atom is 0.158 e. The number of para-hydroxylation sites is 1. The monoisotopic (exact) mass is 509 g/mol. The summed E-state index contributed by atoms with van der Waals surface area (Å²) in [6.45, 7) is 14.7. The van der Waals surface area contributed by atoms with Crippen LogP contribution in [0.25, 0.3) is 0 Å². The Morgan fingerprint density at radius 3 is 2.49 bits per heavy atom. The smallest absolute Gasteiger partial charge is 0.158 e. The molecule has 0 spiro atoms. The summed E-state index contributed by atoms with van der Waals surface area (Å²) >= 11 is 0. The molecule has 0 saturated carbocycles. The van der Waals surface area contributed by atoms with Crippen molar-refractivity contribution in [3.8, 4) is 5.75 Å². The summed E-state index contributed by atoms with van der Waals surface area (Å²) in [5.41, 5.74) is 5.21. The van der Waals surface area contributed by atoms with Gasteiger partial charge in [0.2, 0.25) is 0 Å². The van der Waals surface area contributed by atoms with Crippen LogP contribution < -0.4 is 5.32 Å². The summed E-state index contributed by atoms with van der Waals surface area (Å²) in [5.74, 6) is 2.39. The van der Waals surface area contributed by atoms with Crippen molar-refractivity contribution in [3.05, 3.63) is 52.6 Å². The van der Waals surface area contributed by atoms with E-state index in [1.807, 2.05) is 18.2 Å². The maximum absolute atomic E-state index is 12.8. The van der Waals surface area contributed by atoms with E-state index in [1.54, 1.807) is 11.6 Å². The Kier molecular flexibility index (Phi) is 14.3. The molecule has 3 nitrogen and oxygen atoms in total. The van der Waals surface area contributed by atoms with Crippen LogP contribution in [0.4, 0.5) is 0 Å². The first-order valence-electron chi connectivity index (χ1n) is 15.2. The van der Waals surface area contributed by atoms with Gasteiger partial charge in [-0.1, -0.05) is 76.5 Å². The molecule has 1 aliphatic rings. The molecule has 0 saturated heterocycles. The summed E-state index contributed by atoms with van der Waals surface area (Å²) in [7, 11) is 0. The number of aryl methyl sites for hydroxylation is 1. The van der Waals surface area contributed by atoms with Crippen molar-refractivity contribution in [1.29, 1.82) is 0 Å². The number of ketones is 1. The number of carbonyl (C=O) groups excluding carboxylic acids is 1. The van der Waals surface area contributed by atoms with E-state index in [0.717, 1.165) is 69.0 Å². The van der Waals surface area contributed by atoms with E-state index >= 15 is 0 Å². The van der Waals surface area contributed by atoms with Gasteiger partial charge in [0, 0.05) is 12.5 Å². The molecule has 0 aromatic heterocycles. The Balaban J connectivity index is 2.02. The topological polar surface area (TPSA) is 49.3 Å². The third-order valence-corrected chi connectivity index (χ3v) is 8.75. The summed E-state index contributed by atoms with van der Waals surface area (Å²) in [6, 6.07) is 8.11. The first-order valence-corrected chi connectivity index (χ1v) is 15.2. The molecular weight excluding hydrogens is 454 g/mol. The molecule has 1 aromatic rings. The van der Waals surface area contributed by atoms with E-state index < -0.39 is 0 Å². The first-order chi connectivity index (χ1) is 17.8. The lowest BCUT2D eigenvalue weighted by Crippen LogP contribution is -2.39. The van der Waals surface area contributed by atoms with E-state index in [2.05, 4.69) is 52.9 Å². The maximum atomic E-state index is 12.8. The van der Waals surface area contributed by atoms with Gasteiger partial charge in [-0.3, -0.25) is 4.79 Å². The van der Waals surface area contributed by atoms with E-state index in [0.29, 0.717) is 41.7 Å². The van der Waals surface area contributed by atoms with Gasteiger partial charge >= 0.3 is 0 Å². The van der Waals surface area contributed by atoms with E-state index in [-0.39, 0.29) is 0 Å². The minimum atomic E-state index is 0.363. The van der Waals surface area contributed by atoms with Crippen LogP contribution in [0.3, 0.4) is 0 Å². The van der Waals surface area contributed by atoms with E-state index in [1.165, 1.54) is 24.8 Å². The third-order valence-electron chi connectivity index (χ3n) is 8.75. The van der Waals surface area contributed by atoms with Gasteiger partial charge in [-0.15, -0.1) is 0 Å². The minimum Gasteiger partial charge on any atom is -0.508 e. The van der Waals surface area contributed by atoms with Crippen LogP contribution in [-0.2, 0) is 11.2 Å². The zero-order chi connectivity index (χ0) is 27.2.